The molecule has 6 nitrogen and oxygen atoms in total. The van der Waals surface area contributed by atoms with E-state index < -0.39 is 10.0 Å². The first-order chi connectivity index (χ1) is 9.93. The van der Waals surface area contributed by atoms with Crippen molar-refractivity contribution >= 4 is 15.7 Å². The molecule has 21 heavy (non-hydrogen) atoms. The maximum Gasteiger partial charge on any atom is 0.242 e. The van der Waals surface area contributed by atoms with Crippen molar-refractivity contribution in [2.24, 2.45) is 5.73 Å². The van der Waals surface area contributed by atoms with Crippen LogP contribution in [0.5, 0.6) is 0 Å². The molecule has 0 radical (unpaired) electrons. The van der Waals surface area contributed by atoms with Crippen LogP contribution in [-0.2, 0) is 14.8 Å². The Labute approximate surface area is 127 Å². The van der Waals surface area contributed by atoms with E-state index in [1.807, 2.05) is 12.1 Å². The summed E-state index contributed by atoms with van der Waals surface area (Å²) in [7, 11) is 1.32. The molecular weight excluding hydrogens is 290 g/mol. The summed E-state index contributed by atoms with van der Waals surface area (Å²) in [6.45, 7) is 2.80. The average Bonchev–Trinajstić information content (AvgIpc) is 2.47. The largest absolute Gasteiger partial charge is 0.383 e. The molecule has 0 spiro atoms. The first-order valence-corrected chi connectivity index (χ1v) is 8.34. The Morgan fingerprint density at radius 1 is 1.14 bits per heavy atom. The highest BCUT2D eigenvalue weighted by molar-refractivity contribution is 7.89. The molecule has 2 N–H and O–H groups in total. The van der Waals surface area contributed by atoms with Gasteiger partial charge in [0.15, 0.2) is 0 Å². The number of anilines is 1. The lowest BCUT2D eigenvalue weighted by Gasteiger charge is -2.24. The van der Waals surface area contributed by atoms with Crippen LogP contribution in [0.15, 0.2) is 29.2 Å². The minimum atomic E-state index is -3.38. The number of benzene rings is 1. The molecule has 0 atom stereocenters. The van der Waals surface area contributed by atoms with E-state index in [4.69, 9.17) is 10.5 Å². The van der Waals surface area contributed by atoms with E-state index in [1.54, 1.807) is 19.2 Å². The minimum Gasteiger partial charge on any atom is -0.383 e. The van der Waals surface area contributed by atoms with E-state index >= 15 is 0 Å². The molecule has 0 fully saturated rings. The molecule has 0 bridgehead atoms. The van der Waals surface area contributed by atoms with Crippen LogP contribution < -0.4 is 10.6 Å². The highest BCUT2D eigenvalue weighted by atomic mass is 32.2. The smallest absolute Gasteiger partial charge is 0.242 e. The number of ether oxygens (including phenoxy) is 1. The highest BCUT2D eigenvalue weighted by Gasteiger charge is 2.17. The van der Waals surface area contributed by atoms with Gasteiger partial charge in [-0.2, -0.15) is 0 Å². The van der Waals surface area contributed by atoms with Crippen LogP contribution in [0.4, 0.5) is 5.69 Å². The van der Waals surface area contributed by atoms with Gasteiger partial charge in [0.05, 0.1) is 11.5 Å². The van der Waals surface area contributed by atoms with Crippen LogP contribution in [0, 0.1) is 0 Å². The van der Waals surface area contributed by atoms with Crippen molar-refractivity contribution in [2.45, 2.75) is 11.3 Å². The Morgan fingerprint density at radius 2 is 1.76 bits per heavy atom. The fourth-order valence-corrected chi connectivity index (χ4v) is 2.80. The normalized spacial score (nSPS) is 11.9. The molecular formula is C14H25N3O3S. The molecule has 7 heteroatoms. The summed E-state index contributed by atoms with van der Waals surface area (Å²) in [6, 6.07) is 6.91. The van der Waals surface area contributed by atoms with Crippen LogP contribution in [-0.4, -0.2) is 60.2 Å². The lowest BCUT2D eigenvalue weighted by Crippen LogP contribution is -2.29. The third kappa shape index (κ3) is 4.96. The average molecular weight is 315 g/mol. The summed E-state index contributed by atoms with van der Waals surface area (Å²) in [5.41, 5.74) is 6.53. The molecule has 1 aromatic rings. The number of sulfonamides is 1. The lowest BCUT2D eigenvalue weighted by atomic mass is 10.2. The number of methoxy groups -OCH3 is 1. The van der Waals surface area contributed by atoms with Crippen molar-refractivity contribution < 1.29 is 13.2 Å². The highest BCUT2D eigenvalue weighted by Crippen LogP contribution is 2.19. The van der Waals surface area contributed by atoms with Crippen molar-refractivity contribution in [3.05, 3.63) is 24.3 Å². The molecule has 0 aliphatic rings. The van der Waals surface area contributed by atoms with Crippen molar-refractivity contribution in [3.63, 3.8) is 0 Å². The second-order valence-corrected chi connectivity index (χ2v) is 7.06. The van der Waals surface area contributed by atoms with Crippen LogP contribution >= 0.6 is 0 Å². The summed E-state index contributed by atoms with van der Waals surface area (Å²) in [5.74, 6) is 0. The third-order valence-corrected chi connectivity index (χ3v) is 5.01. The summed E-state index contributed by atoms with van der Waals surface area (Å²) in [4.78, 5) is 2.43. The van der Waals surface area contributed by atoms with Gasteiger partial charge < -0.3 is 15.4 Å². The molecule has 1 rings (SSSR count). The Hall–Kier alpha value is -1.15. The Balaban J connectivity index is 2.91. The van der Waals surface area contributed by atoms with Gasteiger partial charge in [-0.05, 0) is 37.2 Å². The molecule has 1 aromatic carbocycles. The fourth-order valence-electron chi connectivity index (χ4n) is 1.89. The van der Waals surface area contributed by atoms with E-state index in [9.17, 15) is 8.42 Å². The van der Waals surface area contributed by atoms with Gasteiger partial charge in [-0.3, -0.25) is 0 Å². The quantitative estimate of drug-likeness (QED) is 0.727. The van der Waals surface area contributed by atoms with Gasteiger partial charge in [-0.15, -0.1) is 0 Å². The van der Waals surface area contributed by atoms with E-state index in [0.717, 1.165) is 25.2 Å². The number of hydrogen-bond donors (Lipinski definition) is 1. The molecule has 0 aliphatic carbocycles. The molecule has 0 unspecified atom stereocenters. The zero-order valence-electron chi connectivity index (χ0n) is 12.9. The van der Waals surface area contributed by atoms with Crippen molar-refractivity contribution in [1.82, 2.24) is 4.31 Å². The predicted molar refractivity (Wildman–Crippen MR) is 85.1 cm³/mol. The van der Waals surface area contributed by atoms with Gasteiger partial charge in [0, 0.05) is 40.0 Å². The molecule has 0 aromatic heterocycles. The first kappa shape index (κ1) is 17.9. The van der Waals surface area contributed by atoms with E-state index in [1.165, 1.54) is 18.4 Å². The number of rotatable bonds is 9. The summed E-state index contributed by atoms with van der Waals surface area (Å²) >= 11 is 0. The maximum atomic E-state index is 12.0. The summed E-state index contributed by atoms with van der Waals surface area (Å²) < 4.78 is 30.4. The van der Waals surface area contributed by atoms with Crippen LogP contribution in [0.3, 0.4) is 0 Å². The van der Waals surface area contributed by atoms with Crippen LogP contribution in [0.25, 0.3) is 0 Å². The zero-order chi connectivity index (χ0) is 15.9. The second-order valence-electron chi connectivity index (χ2n) is 4.90. The van der Waals surface area contributed by atoms with Crippen LogP contribution in [0.2, 0.25) is 0 Å². The molecule has 0 aliphatic heterocycles. The standard InChI is InChI=1S/C14H25N3O3S/c1-16(2)21(18,19)14-7-5-13(6-8-14)17(10-4-9-15)11-12-20-3/h5-8H,4,9-12,15H2,1-3H3. The van der Waals surface area contributed by atoms with E-state index in [-0.39, 0.29) is 0 Å². The van der Waals surface area contributed by atoms with Gasteiger partial charge in [0.25, 0.3) is 0 Å². The summed E-state index contributed by atoms with van der Waals surface area (Å²) in [6.07, 6.45) is 0.876. The molecule has 0 saturated carbocycles. The third-order valence-electron chi connectivity index (χ3n) is 3.18. The van der Waals surface area contributed by atoms with Crippen LogP contribution in [0.1, 0.15) is 6.42 Å². The van der Waals surface area contributed by atoms with Crippen molar-refractivity contribution in [3.8, 4) is 0 Å². The maximum absolute atomic E-state index is 12.0. The zero-order valence-corrected chi connectivity index (χ0v) is 13.8. The Morgan fingerprint density at radius 3 is 2.24 bits per heavy atom. The second kappa shape index (κ2) is 8.33. The Bertz CT molecular complexity index is 507. The van der Waals surface area contributed by atoms with E-state index in [0.29, 0.717) is 18.0 Å². The molecule has 0 saturated heterocycles. The Kier molecular flexibility index (Phi) is 7.10. The van der Waals surface area contributed by atoms with Gasteiger partial charge in [-0.25, -0.2) is 12.7 Å². The molecule has 120 valence electrons. The van der Waals surface area contributed by atoms with Crippen molar-refractivity contribution in [2.75, 3.05) is 52.3 Å². The predicted octanol–water partition coefficient (Wildman–Crippen LogP) is 0.739. The molecule has 0 amide bonds. The topological polar surface area (TPSA) is 75.9 Å². The monoisotopic (exact) mass is 315 g/mol. The first-order valence-electron chi connectivity index (χ1n) is 6.90. The lowest BCUT2D eigenvalue weighted by molar-refractivity contribution is 0.205. The number of nitrogens with two attached hydrogens (primary N) is 1. The SMILES string of the molecule is COCCN(CCCN)c1ccc(S(=O)(=O)N(C)C)cc1. The van der Waals surface area contributed by atoms with Gasteiger partial charge in [0.2, 0.25) is 10.0 Å². The molecule has 0 heterocycles. The van der Waals surface area contributed by atoms with Gasteiger partial charge in [0.1, 0.15) is 0 Å². The summed E-state index contributed by atoms with van der Waals surface area (Å²) in [5, 5.41) is 0. The van der Waals surface area contributed by atoms with Gasteiger partial charge >= 0.3 is 0 Å². The number of nitrogens with zero attached hydrogens (tertiary/aromatic N) is 2. The fraction of sp³-hybridized carbons (Fsp3) is 0.571. The van der Waals surface area contributed by atoms with Gasteiger partial charge in [-0.1, -0.05) is 0 Å². The number of hydrogen-bond acceptors (Lipinski definition) is 5. The minimum absolute atomic E-state index is 0.293. The van der Waals surface area contributed by atoms with Crippen molar-refractivity contribution in [1.29, 1.82) is 0 Å². The van der Waals surface area contributed by atoms with E-state index in [2.05, 4.69) is 4.90 Å².